The molecule has 4 nitrogen and oxygen atoms in total. The number of hydrogen-bond acceptors (Lipinski definition) is 4. The van der Waals surface area contributed by atoms with E-state index in [-0.39, 0.29) is 11.9 Å². The quantitative estimate of drug-likeness (QED) is 0.814. The number of fused-ring (bicyclic) bond motifs is 1. The first-order valence-corrected chi connectivity index (χ1v) is 6.43. The maximum absolute atomic E-state index is 13.6. The average Bonchev–Trinajstić information content (AvgIpc) is 2.39. The summed E-state index contributed by atoms with van der Waals surface area (Å²) in [5.41, 5.74) is 0.346. The van der Waals surface area contributed by atoms with Gasteiger partial charge in [0.2, 0.25) is 0 Å². The van der Waals surface area contributed by atoms with Crippen molar-refractivity contribution < 1.29 is 9.13 Å². The molecule has 1 N–H and O–H groups in total. The zero-order valence-corrected chi connectivity index (χ0v) is 11.2. The molecule has 102 valence electrons. The fourth-order valence-electron chi connectivity index (χ4n) is 1.79. The van der Waals surface area contributed by atoms with Gasteiger partial charge < -0.3 is 10.1 Å². The van der Waals surface area contributed by atoms with Gasteiger partial charge in [0.05, 0.1) is 6.10 Å². The normalized spacial score (nSPS) is 11.2. The van der Waals surface area contributed by atoms with Gasteiger partial charge >= 0.3 is 0 Å². The van der Waals surface area contributed by atoms with E-state index in [4.69, 9.17) is 4.74 Å². The van der Waals surface area contributed by atoms with Gasteiger partial charge in [-0.2, -0.15) is 0 Å². The Bertz CT molecular complexity index is 545. The molecule has 0 fully saturated rings. The highest BCUT2D eigenvalue weighted by molar-refractivity contribution is 5.89. The van der Waals surface area contributed by atoms with E-state index in [1.54, 1.807) is 6.07 Å². The van der Waals surface area contributed by atoms with Crippen LogP contribution >= 0.6 is 0 Å². The molecule has 0 atom stereocenters. The van der Waals surface area contributed by atoms with Gasteiger partial charge in [-0.05, 0) is 32.4 Å². The van der Waals surface area contributed by atoms with E-state index < -0.39 is 0 Å². The molecule has 2 rings (SSSR count). The summed E-state index contributed by atoms with van der Waals surface area (Å²) in [5, 5.41) is 3.89. The summed E-state index contributed by atoms with van der Waals surface area (Å²) in [6, 6.07) is 4.87. The number of para-hydroxylation sites is 1. The summed E-state index contributed by atoms with van der Waals surface area (Å²) in [6.07, 6.45) is 2.49. The number of nitrogens with one attached hydrogen (secondary N) is 1. The Morgan fingerprint density at radius 3 is 2.95 bits per heavy atom. The molecule has 0 aliphatic rings. The molecule has 0 saturated heterocycles. The largest absolute Gasteiger partial charge is 0.379 e. The van der Waals surface area contributed by atoms with Gasteiger partial charge in [0.1, 0.15) is 23.5 Å². The number of anilines is 1. The molecule has 0 bridgehead atoms. The van der Waals surface area contributed by atoms with E-state index in [1.165, 1.54) is 12.4 Å². The molecule has 19 heavy (non-hydrogen) atoms. The van der Waals surface area contributed by atoms with Crippen LogP contribution in [0, 0.1) is 5.82 Å². The Morgan fingerprint density at radius 2 is 2.16 bits per heavy atom. The molecule has 0 unspecified atom stereocenters. The Labute approximate surface area is 112 Å². The molecule has 0 spiro atoms. The van der Waals surface area contributed by atoms with Crippen molar-refractivity contribution in [3.05, 3.63) is 30.3 Å². The number of halogens is 1. The molecule has 1 aromatic heterocycles. The minimum atomic E-state index is -0.328. The Kier molecular flexibility index (Phi) is 4.63. The van der Waals surface area contributed by atoms with E-state index in [2.05, 4.69) is 15.3 Å². The van der Waals surface area contributed by atoms with Gasteiger partial charge in [-0.3, -0.25) is 0 Å². The van der Waals surface area contributed by atoms with Crippen molar-refractivity contribution in [2.75, 3.05) is 18.5 Å². The van der Waals surface area contributed by atoms with Gasteiger partial charge in [-0.25, -0.2) is 14.4 Å². The minimum absolute atomic E-state index is 0.244. The number of aromatic nitrogens is 2. The lowest BCUT2D eigenvalue weighted by Crippen LogP contribution is -2.10. The topological polar surface area (TPSA) is 47.0 Å². The van der Waals surface area contributed by atoms with E-state index >= 15 is 0 Å². The van der Waals surface area contributed by atoms with Crippen LogP contribution in [0.5, 0.6) is 0 Å². The zero-order chi connectivity index (χ0) is 13.7. The molecular weight excluding hydrogens is 245 g/mol. The van der Waals surface area contributed by atoms with Gasteiger partial charge in [0.25, 0.3) is 0 Å². The van der Waals surface area contributed by atoms with Gasteiger partial charge in [-0.1, -0.05) is 6.07 Å². The average molecular weight is 263 g/mol. The van der Waals surface area contributed by atoms with Gasteiger partial charge in [0, 0.05) is 18.5 Å². The fourth-order valence-corrected chi connectivity index (χ4v) is 1.79. The molecule has 5 heteroatoms. The minimum Gasteiger partial charge on any atom is -0.379 e. The van der Waals surface area contributed by atoms with Crippen LogP contribution < -0.4 is 5.32 Å². The molecular formula is C14H18FN3O. The lowest BCUT2D eigenvalue weighted by Gasteiger charge is -2.10. The number of ether oxygens (including phenoxy) is 1. The third kappa shape index (κ3) is 3.61. The highest BCUT2D eigenvalue weighted by atomic mass is 19.1. The second-order valence-corrected chi connectivity index (χ2v) is 4.56. The van der Waals surface area contributed by atoms with Gasteiger partial charge in [-0.15, -0.1) is 0 Å². The molecule has 2 aromatic rings. The van der Waals surface area contributed by atoms with Crippen LogP contribution in [0.2, 0.25) is 0 Å². The SMILES string of the molecule is CC(C)OCCCNc1ncnc2c(F)cccc12. The Balaban J connectivity index is 1.99. The van der Waals surface area contributed by atoms with Crippen molar-refractivity contribution in [1.29, 1.82) is 0 Å². The summed E-state index contributed by atoms with van der Waals surface area (Å²) >= 11 is 0. The maximum Gasteiger partial charge on any atom is 0.149 e. The predicted molar refractivity (Wildman–Crippen MR) is 73.7 cm³/mol. The van der Waals surface area contributed by atoms with Crippen molar-refractivity contribution >= 4 is 16.7 Å². The summed E-state index contributed by atoms with van der Waals surface area (Å²) < 4.78 is 19.0. The summed E-state index contributed by atoms with van der Waals surface area (Å²) in [6.45, 7) is 5.44. The third-order valence-electron chi connectivity index (χ3n) is 2.68. The smallest absolute Gasteiger partial charge is 0.149 e. The first-order chi connectivity index (χ1) is 9.18. The number of rotatable bonds is 6. The second-order valence-electron chi connectivity index (χ2n) is 4.56. The number of hydrogen-bond donors (Lipinski definition) is 1. The molecule has 0 amide bonds. The van der Waals surface area contributed by atoms with Crippen molar-refractivity contribution in [2.24, 2.45) is 0 Å². The summed E-state index contributed by atoms with van der Waals surface area (Å²) in [7, 11) is 0. The van der Waals surface area contributed by atoms with Crippen LogP contribution in [0.4, 0.5) is 10.2 Å². The molecule has 0 aliphatic carbocycles. The monoisotopic (exact) mass is 263 g/mol. The summed E-state index contributed by atoms with van der Waals surface area (Å²) in [5.74, 6) is 0.333. The van der Waals surface area contributed by atoms with E-state index in [0.29, 0.717) is 23.3 Å². The fraction of sp³-hybridized carbons (Fsp3) is 0.429. The second kappa shape index (κ2) is 6.43. The Morgan fingerprint density at radius 1 is 1.32 bits per heavy atom. The number of benzene rings is 1. The van der Waals surface area contributed by atoms with Crippen LogP contribution in [0.15, 0.2) is 24.5 Å². The van der Waals surface area contributed by atoms with Crippen molar-refractivity contribution in [1.82, 2.24) is 9.97 Å². The first kappa shape index (κ1) is 13.7. The Hall–Kier alpha value is -1.75. The zero-order valence-electron chi connectivity index (χ0n) is 11.2. The van der Waals surface area contributed by atoms with E-state index in [1.807, 2.05) is 19.9 Å². The van der Waals surface area contributed by atoms with Crippen molar-refractivity contribution in [3.63, 3.8) is 0 Å². The maximum atomic E-state index is 13.6. The van der Waals surface area contributed by atoms with Gasteiger partial charge in [0.15, 0.2) is 0 Å². The van der Waals surface area contributed by atoms with Crippen molar-refractivity contribution in [3.8, 4) is 0 Å². The summed E-state index contributed by atoms with van der Waals surface area (Å²) in [4.78, 5) is 8.11. The molecule has 0 radical (unpaired) electrons. The van der Waals surface area contributed by atoms with Crippen LogP contribution in [0.1, 0.15) is 20.3 Å². The molecule has 0 aliphatic heterocycles. The first-order valence-electron chi connectivity index (χ1n) is 6.43. The molecule has 1 heterocycles. The van der Waals surface area contributed by atoms with E-state index in [9.17, 15) is 4.39 Å². The van der Waals surface area contributed by atoms with Crippen LogP contribution in [-0.4, -0.2) is 29.2 Å². The van der Waals surface area contributed by atoms with E-state index in [0.717, 1.165) is 13.0 Å². The van der Waals surface area contributed by atoms with Crippen LogP contribution in [0.25, 0.3) is 10.9 Å². The highest BCUT2D eigenvalue weighted by Gasteiger charge is 2.06. The molecule has 1 aromatic carbocycles. The predicted octanol–water partition coefficient (Wildman–Crippen LogP) is 3.00. The standard InChI is InChI=1S/C14H18FN3O/c1-10(2)19-8-4-7-16-14-11-5-3-6-12(15)13(11)17-9-18-14/h3,5-6,9-10H,4,7-8H2,1-2H3,(H,16,17,18). The lowest BCUT2D eigenvalue weighted by atomic mass is 10.2. The van der Waals surface area contributed by atoms with Crippen molar-refractivity contribution in [2.45, 2.75) is 26.4 Å². The lowest BCUT2D eigenvalue weighted by molar-refractivity contribution is 0.0787. The third-order valence-corrected chi connectivity index (χ3v) is 2.68. The van der Waals surface area contributed by atoms with Crippen LogP contribution in [-0.2, 0) is 4.74 Å². The number of nitrogens with zero attached hydrogens (tertiary/aromatic N) is 2. The van der Waals surface area contributed by atoms with Crippen LogP contribution in [0.3, 0.4) is 0 Å². The highest BCUT2D eigenvalue weighted by Crippen LogP contribution is 2.20. The molecule has 0 saturated carbocycles.